The van der Waals surface area contributed by atoms with Crippen molar-refractivity contribution < 1.29 is 4.74 Å². The Labute approximate surface area is 69.3 Å². The molecular weight excluding hydrogens is 138 g/mol. The van der Waals surface area contributed by atoms with E-state index in [1.165, 1.54) is 6.42 Å². The molecule has 1 fully saturated rings. The molecule has 1 rings (SSSR count). The normalized spacial score (nSPS) is 32.7. The van der Waals surface area contributed by atoms with Gasteiger partial charge in [-0.05, 0) is 12.3 Å². The van der Waals surface area contributed by atoms with Gasteiger partial charge in [-0.15, -0.1) is 0 Å². The average molecular weight is 157 g/mol. The maximum absolute atomic E-state index is 5.35. The van der Waals surface area contributed by atoms with Crippen molar-refractivity contribution in [3.8, 4) is 0 Å². The summed E-state index contributed by atoms with van der Waals surface area (Å²) in [4.78, 5) is 0. The van der Waals surface area contributed by atoms with Crippen LogP contribution in [0.2, 0.25) is 0 Å². The summed E-state index contributed by atoms with van der Waals surface area (Å²) >= 11 is 0. The largest absolute Gasteiger partial charge is 0.381 e. The van der Waals surface area contributed by atoms with E-state index < -0.39 is 0 Å². The summed E-state index contributed by atoms with van der Waals surface area (Å²) in [6.45, 7) is 8.49. The third kappa shape index (κ3) is 2.80. The fraction of sp³-hybridized carbons (Fsp3) is 1.00. The summed E-state index contributed by atoms with van der Waals surface area (Å²) in [6, 6.07) is 1.27. The van der Waals surface area contributed by atoms with Crippen molar-refractivity contribution in [1.29, 1.82) is 0 Å². The van der Waals surface area contributed by atoms with Crippen LogP contribution in [0.1, 0.15) is 27.2 Å². The van der Waals surface area contributed by atoms with Gasteiger partial charge in [0.15, 0.2) is 0 Å². The molecule has 0 aromatic carbocycles. The summed E-state index contributed by atoms with van der Waals surface area (Å²) in [5.74, 6) is 0.672. The fourth-order valence-corrected chi connectivity index (χ4v) is 1.56. The first-order valence-electron chi connectivity index (χ1n) is 4.54. The van der Waals surface area contributed by atoms with E-state index in [1.54, 1.807) is 0 Å². The van der Waals surface area contributed by atoms with E-state index in [1.807, 2.05) is 0 Å². The van der Waals surface area contributed by atoms with Gasteiger partial charge in [-0.1, -0.05) is 20.8 Å². The quantitative estimate of drug-likeness (QED) is 0.654. The maximum atomic E-state index is 5.35. The first-order chi connectivity index (χ1) is 5.20. The second-order valence-corrected chi connectivity index (χ2v) is 3.77. The minimum Gasteiger partial charge on any atom is -0.381 e. The molecule has 2 atom stereocenters. The summed E-state index contributed by atoms with van der Waals surface area (Å²) in [6.07, 6.45) is 1.17. The van der Waals surface area contributed by atoms with Crippen molar-refractivity contribution in [2.24, 2.45) is 5.92 Å². The molecular formula is C9H19NO. The molecule has 0 radical (unpaired) electrons. The van der Waals surface area contributed by atoms with E-state index in [2.05, 4.69) is 26.1 Å². The molecule has 11 heavy (non-hydrogen) atoms. The first kappa shape index (κ1) is 9.01. The number of ether oxygens (including phenoxy) is 1. The van der Waals surface area contributed by atoms with Crippen molar-refractivity contribution in [1.82, 2.24) is 5.32 Å². The van der Waals surface area contributed by atoms with Gasteiger partial charge < -0.3 is 10.1 Å². The van der Waals surface area contributed by atoms with Gasteiger partial charge in [0, 0.05) is 18.7 Å². The van der Waals surface area contributed by atoms with Crippen LogP contribution >= 0.6 is 0 Å². The van der Waals surface area contributed by atoms with Crippen LogP contribution in [0.25, 0.3) is 0 Å². The van der Waals surface area contributed by atoms with E-state index in [0.29, 0.717) is 18.0 Å². The van der Waals surface area contributed by atoms with Crippen molar-refractivity contribution >= 4 is 0 Å². The highest BCUT2D eigenvalue weighted by atomic mass is 16.5. The number of rotatable bonds is 2. The Bertz CT molecular complexity index is 114. The molecule has 0 bridgehead atoms. The van der Waals surface area contributed by atoms with Gasteiger partial charge >= 0.3 is 0 Å². The van der Waals surface area contributed by atoms with Gasteiger partial charge in [-0.3, -0.25) is 0 Å². The number of hydrogen-bond acceptors (Lipinski definition) is 2. The summed E-state index contributed by atoms with van der Waals surface area (Å²) in [5, 5.41) is 3.55. The van der Waals surface area contributed by atoms with Crippen molar-refractivity contribution in [2.45, 2.75) is 39.3 Å². The lowest BCUT2D eigenvalue weighted by Gasteiger charge is -2.31. The molecule has 1 aliphatic rings. The lowest BCUT2D eigenvalue weighted by atomic mass is 9.97. The van der Waals surface area contributed by atoms with E-state index in [-0.39, 0.29) is 0 Å². The van der Waals surface area contributed by atoms with Crippen LogP contribution in [0.5, 0.6) is 0 Å². The smallest absolute Gasteiger partial charge is 0.0506 e. The lowest BCUT2D eigenvalue weighted by molar-refractivity contribution is 0.0370. The Balaban J connectivity index is 2.29. The highest BCUT2D eigenvalue weighted by Gasteiger charge is 2.21. The standard InChI is InChI=1S/C9H19NO/c1-7(2)10-9-4-5-11-6-8(9)3/h7-10H,4-6H2,1-3H3/t8-,9-/m1/s1. The van der Waals surface area contributed by atoms with E-state index in [9.17, 15) is 0 Å². The monoisotopic (exact) mass is 157 g/mol. The highest BCUT2D eigenvalue weighted by Crippen LogP contribution is 2.13. The van der Waals surface area contributed by atoms with Gasteiger partial charge in [-0.2, -0.15) is 0 Å². The predicted molar refractivity (Wildman–Crippen MR) is 46.7 cm³/mol. The van der Waals surface area contributed by atoms with E-state index in [0.717, 1.165) is 13.2 Å². The van der Waals surface area contributed by atoms with Crippen molar-refractivity contribution in [3.05, 3.63) is 0 Å². The molecule has 0 aromatic heterocycles. The zero-order valence-corrected chi connectivity index (χ0v) is 7.76. The van der Waals surface area contributed by atoms with Gasteiger partial charge in [0.2, 0.25) is 0 Å². The molecule has 2 heteroatoms. The van der Waals surface area contributed by atoms with Crippen LogP contribution in [0.15, 0.2) is 0 Å². The summed E-state index contributed by atoms with van der Waals surface area (Å²) in [7, 11) is 0. The molecule has 1 aliphatic heterocycles. The molecule has 0 aromatic rings. The van der Waals surface area contributed by atoms with Crippen LogP contribution in [0, 0.1) is 5.92 Å². The van der Waals surface area contributed by atoms with Crippen molar-refractivity contribution in [2.75, 3.05) is 13.2 Å². The molecule has 0 spiro atoms. The third-order valence-electron chi connectivity index (χ3n) is 2.19. The Hall–Kier alpha value is -0.0800. The molecule has 0 unspecified atom stereocenters. The summed E-state index contributed by atoms with van der Waals surface area (Å²) in [5.41, 5.74) is 0. The molecule has 1 N–H and O–H groups in total. The maximum Gasteiger partial charge on any atom is 0.0506 e. The second kappa shape index (κ2) is 4.07. The van der Waals surface area contributed by atoms with Crippen LogP contribution in [0.4, 0.5) is 0 Å². The highest BCUT2D eigenvalue weighted by molar-refractivity contribution is 4.77. The van der Waals surface area contributed by atoms with Gasteiger partial charge in [0.05, 0.1) is 6.61 Å². The van der Waals surface area contributed by atoms with Gasteiger partial charge in [-0.25, -0.2) is 0 Å². The molecule has 1 saturated heterocycles. The minimum atomic E-state index is 0.598. The molecule has 2 nitrogen and oxygen atoms in total. The van der Waals surface area contributed by atoms with Crippen LogP contribution < -0.4 is 5.32 Å². The van der Waals surface area contributed by atoms with E-state index >= 15 is 0 Å². The van der Waals surface area contributed by atoms with Crippen LogP contribution in [-0.4, -0.2) is 25.3 Å². The summed E-state index contributed by atoms with van der Waals surface area (Å²) < 4.78 is 5.35. The molecule has 66 valence electrons. The second-order valence-electron chi connectivity index (χ2n) is 3.77. The van der Waals surface area contributed by atoms with E-state index in [4.69, 9.17) is 4.74 Å². The average Bonchev–Trinajstić information content (AvgIpc) is 1.93. The molecule has 0 aliphatic carbocycles. The number of nitrogens with one attached hydrogen (secondary N) is 1. The predicted octanol–water partition coefficient (Wildman–Crippen LogP) is 1.41. The Morgan fingerprint density at radius 3 is 2.73 bits per heavy atom. The molecule has 0 amide bonds. The topological polar surface area (TPSA) is 21.3 Å². The number of hydrogen-bond donors (Lipinski definition) is 1. The van der Waals surface area contributed by atoms with Crippen LogP contribution in [0.3, 0.4) is 0 Å². The minimum absolute atomic E-state index is 0.598. The zero-order chi connectivity index (χ0) is 8.27. The first-order valence-corrected chi connectivity index (χ1v) is 4.54. The zero-order valence-electron chi connectivity index (χ0n) is 7.76. The Morgan fingerprint density at radius 2 is 2.18 bits per heavy atom. The SMILES string of the molecule is CC(C)N[C@@H]1CCOC[C@H]1C. The fourth-order valence-electron chi connectivity index (χ4n) is 1.56. The van der Waals surface area contributed by atoms with Crippen LogP contribution in [-0.2, 0) is 4.74 Å². The molecule has 1 heterocycles. The van der Waals surface area contributed by atoms with Crippen molar-refractivity contribution in [3.63, 3.8) is 0 Å². The Morgan fingerprint density at radius 1 is 1.45 bits per heavy atom. The lowest BCUT2D eigenvalue weighted by Crippen LogP contribution is -2.44. The van der Waals surface area contributed by atoms with Gasteiger partial charge in [0.25, 0.3) is 0 Å². The van der Waals surface area contributed by atoms with Gasteiger partial charge in [0.1, 0.15) is 0 Å². The molecule has 0 saturated carbocycles. The Kier molecular flexibility index (Phi) is 3.34. The third-order valence-corrected chi connectivity index (χ3v) is 2.19.